The lowest BCUT2D eigenvalue weighted by atomic mass is 10.2. The summed E-state index contributed by atoms with van der Waals surface area (Å²) in [5.74, 6) is -0.104. The molecule has 88 valence electrons. The Morgan fingerprint density at radius 3 is 3.12 bits per heavy atom. The lowest BCUT2D eigenvalue weighted by Gasteiger charge is -2.05. The number of carbonyl (C=O) groups excluding carboxylic acids is 1. The first-order valence-electron chi connectivity index (χ1n) is 5.20. The van der Waals surface area contributed by atoms with Gasteiger partial charge in [-0.05, 0) is 18.6 Å². The molecule has 1 amide bonds. The topological polar surface area (TPSA) is 77.2 Å². The minimum atomic E-state index is -0.104. The highest BCUT2D eigenvalue weighted by molar-refractivity contribution is 5.94. The van der Waals surface area contributed by atoms with E-state index in [1.807, 2.05) is 0 Å². The highest BCUT2D eigenvalue weighted by Crippen LogP contribution is 2.01. The van der Waals surface area contributed by atoms with Gasteiger partial charge in [-0.2, -0.15) is 0 Å². The fourth-order valence-electron chi connectivity index (χ4n) is 1.25. The molecule has 5 heteroatoms. The fourth-order valence-corrected chi connectivity index (χ4v) is 1.25. The van der Waals surface area contributed by atoms with Crippen molar-refractivity contribution >= 4 is 5.91 Å². The van der Waals surface area contributed by atoms with Crippen LogP contribution in [0.5, 0.6) is 0 Å². The van der Waals surface area contributed by atoms with Crippen molar-refractivity contribution in [2.45, 2.75) is 13.0 Å². The summed E-state index contributed by atoms with van der Waals surface area (Å²) in [6, 6.07) is 3.37. The van der Waals surface area contributed by atoms with E-state index >= 15 is 0 Å². The number of aromatic nitrogens is 1. The van der Waals surface area contributed by atoms with Gasteiger partial charge in [0, 0.05) is 38.6 Å². The maximum Gasteiger partial charge on any atom is 0.251 e. The number of hydrogen-bond acceptors (Lipinski definition) is 4. The van der Waals surface area contributed by atoms with E-state index in [4.69, 9.17) is 10.5 Å². The van der Waals surface area contributed by atoms with E-state index in [1.54, 1.807) is 25.4 Å². The number of methoxy groups -OCH3 is 1. The van der Waals surface area contributed by atoms with Crippen LogP contribution < -0.4 is 11.1 Å². The molecule has 0 saturated heterocycles. The zero-order valence-electron chi connectivity index (χ0n) is 9.40. The number of carbonyl (C=O) groups is 1. The Morgan fingerprint density at radius 2 is 2.44 bits per heavy atom. The minimum absolute atomic E-state index is 0.104. The Kier molecular flexibility index (Phi) is 5.45. The van der Waals surface area contributed by atoms with Gasteiger partial charge < -0.3 is 15.8 Å². The summed E-state index contributed by atoms with van der Waals surface area (Å²) in [4.78, 5) is 15.7. The Hall–Kier alpha value is -1.46. The van der Waals surface area contributed by atoms with Crippen molar-refractivity contribution in [3.05, 3.63) is 29.6 Å². The average Bonchev–Trinajstić information content (AvgIpc) is 2.34. The largest absolute Gasteiger partial charge is 0.385 e. The van der Waals surface area contributed by atoms with Gasteiger partial charge in [0.2, 0.25) is 0 Å². The lowest BCUT2D eigenvalue weighted by Crippen LogP contribution is -2.25. The molecule has 5 nitrogen and oxygen atoms in total. The Balaban J connectivity index is 2.46. The molecule has 0 aliphatic carbocycles. The van der Waals surface area contributed by atoms with E-state index in [0.29, 0.717) is 31.0 Å². The average molecular weight is 223 g/mol. The molecule has 1 aromatic rings. The van der Waals surface area contributed by atoms with Gasteiger partial charge in [0.15, 0.2) is 0 Å². The third-order valence-corrected chi connectivity index (χ3v) is 2.10. The summed E-state index contributed by atoms with van der Waals surface area (Å²) in [5.41, 5.74) is 6.75. The third kappa shape index (κ3) is 3.96. The second-order valence-corrected chi connectivity index (χ2v) is 3.34. The van der Waals surface area contributed by atoms with Gasteiger partial charge in [-0.15, -0.1) is 0 Å². The first-order chi connectivity index (χ1) is 7.77. The maximum absolute atomic E-state index is 11.7. The molecule has 3 N–H and O–H groups in total. The molecule has 0 saturated carbocycles. The van der Waals surface area contributed by atoms with Gasteiger partial charge in [-0.1, -0.05) is 0 Å². The van der Waals surface area contributed by atoms with Crippen molar-refractivity contribution in [3.63, 3.8) is 0 Å². The van der Waals surface area contributed by atoms with E-state index < -0.39 is 0 Å². The van der Waals surface area contributed by atoms with Crippen molar-refractivity contribution < 1.29 is 9.53 Å². The van der Waals surface area contributed by atoms with Crippen molar-refractivity contribution in [2.24, 2.45) is 5.73 Å². The predicted molar refractivity (Wildman–Crippen MR) is 61.0 cm³/mol. The van der Waals surface area contributed by atoms with Gasteiger partial charge in [-0.3, -0.25) is 9.78 Å². The highest BCUT2D eigenvalue weighted by Gasteiger charge is 2.05. The van der Waals surface area contributed by atoms with E-state index in [9.17, 15) is 4.79 Å². The van der Waals surface area contributed by atoms with Gasteiger partial charge in [0.25, 0.3) is 5.91 Å². The number of ether oxygens (including phenoxy) is 1. The summed E-state index contributed by atoms with van der Waals surface area (Å²) >= 11 is 0. The van der Waals surface area contributed by atoms with Crippen molar-refractivity contribution in [2.75, 3.05) is 20.3 Å². The number of rotatable bonds is 6. The van der Waals surface area contributed by atoms with E-state index in [2.05, 4.69) is 10.3 Å². The van der Waals surface area contributed by atoms with Crippen molar-refractivity contribution in [1.82, 2.24) is 10.3 Å². The van der Waals surface area contributed by atoms with Crippen LogP contribution in [0.2, 0.25) is 0 Å². The monoisotopic (exact) mass is 223 g/mol. The zero-order valence-corrected chi connectivity index (χ0v) is 9.40. The number of amides is 1. The normalized spacial score (nSPS) is 10.1. The van der Waals surface area contributed by atoms with Gasteiger partial charge in [0.05, 0.1) is 5.69 Å². The number of nitrogens with one attached hydrogen (secondary N) is 1. The van der Waals surface area contributed by atoms with Crippen LogP contribution in [0.1, 0.15) is 22.5 Å². The summed E-state index contributed by atoms with van der Waals surface area (Å²) in [7, 11) is 1.64. The van der Waals surface area contributed by atoms with E-state index in [0.717, 1.165) is 6.42 Å². The number of pyridine rings is 1. The fraction of sp³-hybridized carbons (Fsp3) is 0.455. The predicted octanol–water partition coefficient (Wildman–Crippen LogP) is 0.307. The van der Waals surface area contributed by atoms with Crippen LogP contribution in [0.25, 0.3) is 0 Å². The molecule has 0 aromatic carbocycles. The van der Waals surface area contributed by atoms with Crippen LogP contribution in [-0.2, 0) is 11.3 Å². The van der Waals surface area contributed by atoms with Crippen molar-refractivity contribution in [3.8, 4) is 0 Å². The molecule has 0 unspecified atom stereocenters. The molecule has 0 aliphatic heterocycles. The zero-order chi connectivity index (χ0) is 11.8. The van der Waals surface area contributed by atoms with Gasteiger partial charge in [-0.25, -0.2) is 0 Å². The van der Waals surface area contributed by atoms with Crippen LogP contribution >= 0.6 is 0 Å². The molecule has 0 fully saturated rings. The summed E-state index contributed by atoms with van der Waals surface area (Å²) in [5, 5.41) is 2.80. The Morgan fingerprint density at radius 1 is 1.62 bits per heavy atom. The molecule has 0 radical (unpaired) electrons. The molecule has 1 aromatic heterocycles. The van der Waals surface area contributed by atoms with Gasteiger partial charge >= 0.3 is 0 Å². The third-order valence-electron chi connectivity index (χ3n) is 2.10. The quantitative estimate of drug-likeness (QED) is 0.680. The molecule has 0 aliphatic rings. The van der Waals surface area contributed by atoms with Crippen LogP contribution in [0.15, 0.2) is 18.3 Å². The Bertz CT molecular complexity index is 342. The smallest absolute Gasteiger partial charge is 0.251 e. The summed E-state index contributed by atoms with van der Waals surface area (Å²) in [6.07, 6.45) is 2.39. The van der Waals surface area contributed by atoms with Gasteiger partial charge in [0.1, 0.15) is 0 Å². The second-order valence-electron chi connectivity index (χ2n) is 3.34. The molecule has 0 atom stereocenters. The first kappa shape index (κ1) is 12.6. The highest BCUT2D eigenvalue weighted by atomic mass is 16.5. The maximum atomic E-state index is 11.7. The summed E-state index contributed by atoms with van der Waals surface area (Å²) < 4.78 is 4.89. The van der Waals surface area contributed by atoms with Crippen LogP contribution in [-0.4, -0.2) is 31.2 Å². The molecule has 1 rings (SSSR count). The molecule has 0 bridgehead atoms. The first-order valence-corrected chi connectivity index (χ1v) is 5.20. The SMILES string of the molecule is COCCCNC(=O)c1ccnc(CN)c1. The molecular weight excluding hydrogens is 206 g/mol. The summed E-state index contributed by atoms with van der Waals surface area (Å²) in [6.45, 7) is 1.59. The number of nitrogens with two attached hydrogens (primary N) is 1. The second kappa shape index (κ2) is 6.92. The van der Waals surface area contributed by atoms with E-state index in [1.165, 1.54) is 0 Å². The van der Waals surface area contributed by atoms with Crippen LogP contribution in [0, 0.1) is 0 Å². The van der Waals surface area contributed by atoms with Crippen molar-refractivity contribution in [1.29, 1.82) is 0 Å². The minimum Gasteiger partial charge on any atom is -0.385 e. The number of hydrogen-bond donors (Lipinski definition) is 2. The standard InChI is InChI=1S/C11H17N3O2/c1-16-6-2-4-14-11(15)9-3-5-13-10(7-9)8-12/h3,5,7H,2,4,6,8,12H2,1H3,(H,14,15). The van der Waals surface area contributed by atoms with Crippen LogP contribution in [0.4, 0.5) is 0 Å². The lowest BCUT2D eigenvalue weighted by molar-refractivity contribution is 0.0948. The Labute approximate surface area is 95.0 Å². The number of nitrogens with zero attached hydrogens (tertiary/aromatic N) is 1. The van der Waals surface area contributed by atoms with E-state index in [-0.39, 0.29) is 5.91 Å². The molecule has 1 heterocycles. The van der Waals surface area contributed by atoms with Crippen LogP contribution in [0.3, 0.4) is 0 Å². The molecular formula is C11H17N3O2. The molecule has 0 spiro atoms. The molecule has 16 heavy (non-hydrogen) atoms.